The Hall–Kier alpha value is -3.93. The van der Waals surface area contributed by atoms with Crippen LogP contribution in [-0.4, -0.2) is 64.4 Å². The van der Waals surface area contributed by atoms with Crippen molar-refractivity contribution in [2.24, 2.45) is 17.4 Å². The van der Waals surface area contributed by atoms with Gasteiger partial charge in [0.1, 0.15) is 12.1 Å². The van der Waals surface area contributed by atoms with E-state index in [0.717, 1.165) is 16.5 Å². The minimum atomic E-state index is -1.23. The topological polar surface area (TPSA) is 209 Å². The highest BCUT2D eigenvalue weighted by Gasteiger charge is 2.30. The zero-order chi connectivity index (χ0) is 26.1. The van der Waals surface area contributed by atoms with Gasteiger partial charge in [-0.25, -0.2) is 4.79 Å². The molecular formula is C23H32N6O6. The molecule has 2 rings (SSSR count). The predicted molar refractivity (Wildman–Crippen MR) is 128 cm³/mol. The van der Waals surface area contributed by atoms with Crippen molar-refractivity contribution in [2.75, 3.05) is 6.54 Å². The number of primary amides is 1. The number of carboxylic acid groups (broad SMARTS) is 1. The summed E-state index contributed by atoms with van der Waals surface area (Å²) in [5.41, 5.74) is 12.1. The van der Waals surface area contributed by atoms with Crippen LogP contribution in [-0.2, 0) is 30.4 Å². The lowest BCUT2D eigenvalue weighted by molar-refractivity contribution is -0.142. The van der Waals surface area contributed by atoms with Gasteiger partial charge in [-0.2, -0.15) is 0 Å². The van der Waals surface area contributed by atoms with Crippen molar-refractivity contribution in [3.05, 3.63) is 36.0 Å². The number of rotatable bonds is 13. The second kappa shape index (κ2) is 12.5. The van der Waals surface area contributed by atoms with Crippen LogP contribution in [0.25, 0.3) is 10.9 Å². The second-order valence-corrected chi connectivity index (χ2v) is 8.39. The van der Waals surface area contributed by atoms with E-state index in [1.165, 1.54) is 0 Å². The average Bonchev–Trinajstić information content (AvgIpc) is 3.22. The number of para-hydroxylation sites is 1. The van der Waals surface area contributed by atoms with E-state index < -0.39 is 54.3 Å². The molecule has 0 aliphatic carbocycles. The van der Waals surface area contributed by atoms with Crippen LogP contribution in [0.15, 0.2) is 30.5 Å². The summed E-state index contributed by atoms with van der Waals surface area (Å²) in [6.45, 7) is 3.08. The average molecular weight is 489 g/mol. The van der Waals surface area contributed by atoms with E-state index in [1.807, 2.05) is 31.2 Å². The number of amides is 4. The largest absolute Gasteiger partial charge is 0.480 e. The summed E-state index contributed by atoms with van der Waals surface area (Å²) in [7, 11) is 0. The van der Waals surface area contributed by atoms with Gasteiger partial charge in [-0.15, -0.1) is 0 Å². The number of nitrogens with two attached hydrogens (primary N) is 2. The maximum absolute atomic E-state index is 13.0. The van der Waals surface area contributed by atoms with Crippen LogP contribution >= 0.6 is 0 Å². The smallest absolute Gasteiger partial charge is 0.326 e. The molecule has 4 unspecified atom stereocenters. The molecule has 1 heterocycles. The molecule has 35 heavy (non-hydrogen) atoms. The van der Waals surface area contributed by atoms with E-state index >= 15 is 0 Å². The third-order valence-corrected chi connectivity index (χ3v) is 5.71. The predicted octanol–water partition coefficient (Wildman–Crippen LogP) is -0.870. The van der Waals surface area contributed by atoms with E-state index in [1.54, 1.807) is 13.1 Å². The van der Waals surface area contributed by atoms with E-state index in [0.29, 0.717) is 6.42 Å². The first-order chi connectivity index (χ1) is 16.5. The molecular weight excluding hydrogens is 456 g/mol. The van der Waals surface area contributed by atoms with Crippen LogP contribution in [0.4, 0.5) is 0 Å². The summed E-state index contributed by atoms with van der Waals surface area (Å²) in [4.78, 5) is 63.1. The number of nitrogens with one attached hydrogen (secondary N) is 4. The van der Waals surface area contributed by atoms with E-state index in [-0.39, 0.29) is 18.8 Å². The molecule has 0 aliphatic rings. The lowest BCUT2D eigenvalue weighted by atomic mass is 9.97. The molecule has 4 atom stereocenters. The van der Waals surface area contributed by atoms with Gasteiger partial charge in [0.15, 0.2) is 0 Å². The molecule has 0 fully saturated rings. The highest BCUT2D eigenvalue weighted by Crippen LogP contribution is 2.19. The number of aliphatic carboxylic acids is 1. The summed E-state index contributed by atoms with van der Waals surface area (Å²) in [6.07, 6.45) is 1.89. The standard InChI is InChI=1S/C23H32N6O6/c1-3-12(2)20(29-19(31)11-27-21(32)15(24)9-18(25)30)22(33)28-17(23(34)35)8-13-10-26-16-7-5-4-6-14(13)16/h4-7,10,12,15,17,20,26H,3,8-9,11,24H2,1-2H3,(H2,25,30)(H,27,32)(H,28,33)(H,29,31)(H,34,35). The zero-order valence-corrected chi connectivity index (χ0v) is 19.7. The van der Waals surface area contributed by atoms with Crippen LogP contribution in [0.3, 0.4) is 0 Å². The van der Waals surface area contributed by atoms with Gasteiger partial charge in [-0.1, -0.05) is 38.5 Å². The summed E-state index contributed by atoms with van der Waals surface area (Å²) in [5.74, 6) is -4.37. The van der Waals surface area contributed by atoms with Crippen LogP contribution in [0.1, 0.15) is 32.3 Å². The summed E-state index contributed by atoms with van der Waals surface area (Å²) >= 11 is 0. The van der Waals surface area contributed by atoms with Crippen LogP contribution in [0.5, 0.6) is 0 Å². The number of benzene rings is 1. The number of hydrogen-bond donors (Lipinski definition) is 7. The fourth-order valence-corrected chi connectivity index (χ4v) is 3.52. The molecule has 0 saturated carbocycles. The third kappa shape index (κ3) is 7.81. The molecule has 9 N–H and O–H groups in total. The number of carbonyl (C=O) groups excluding carboxylic acids is 4. The quantitative estimate of drug-likeness (QED) is 0.189. The Bertz CT molecular complexity index is 1080. The second-order valence-electron chi connectivity index (χ2n) is 8.39. The van der Waals surface area contributed by atoms with Crippen molar-refractivity contribution < 1.29 is 29.1 Å². The van der Waals surface area contributed by atoms with Gasteiger partial charge >= 0.3 is 5.97 Å². The van der Waals surface area contributed by atoms with Crippen molar-refractivity contribution in [3.63, 3.8) is 0 Å². The lowest BCUT2D eigenvalue weighted by Crippen LogP contribution is -2.56. The van der Waals surface area contributed by atoms with Gasteiger partial charge in [-0.05, 0) is 17.5 Å². The van der Waals surface area contributed by atoms with Gasteiger partial charge in [0.25, 0.3) is 0 Å². The highest BCUT2D eigenvalue weighted by molar-refractivity contribution is 5.94. The Labute approximate surface area is 202 Å². The zero-order valence-electron chi connectivity index (χ0n) is 19.7. The highest BCUT2D eigenvalue weighted by atomic mass is 16.4. The first-order valence-electron chi connectivity index (χ1n) is 11.2. The van der Waals surface area contributed by atoms with Crippen molar-refractivity contribution in [1.29, 1.82) is 0 Å². The fourth-order valence-electron chi connectivity index (χ4n) is 3.52. The fraction of sp³-hybridized carbons (Fsp3) is 0.435. The first kappa shape index (κ1) is 27.3. The number of carbonyl (C=O) groups is 5. The maximum Gasteiger partial charge on any atom is 0.326 e. The van der Waals surface area contributed by atoms with Crippen molar-refractivity contribution in [3.8, 4) is 0 Å². The van der Waals surface area contributed by atoms with E-state index in [2.05, 4.69) is 20.9 Å². The summed E-state index contributed by atoms with van der Waals surface area (Å²) in [5, 5.41) is 17.9. The summed E-state index contributed by atoms with van der Waals surface area (Å²) in [6, 6.07) is 3.95. The Morgan fingerprint density at radius 1 is 1.09 bits per heavy atom. The van der Waals surface area contributed by atoms with Gasteiger partial charge in [0, 0.05) is 23.5 Å². The Kier molecular flexibility index (Phi) is 9.76. The SMILES string of the molecule is CCC(C)C(NC(=O)CNC(=O)C(N)CC(N)=O)C(=O)NC(Cc1c[nH]c2ccccc12)C(=O)O. The van der Waals surface area contributed by atoms with E-state index in [9.17, 15) is 29.1 Å². The summed E-state index contributed by atoms with van der Waals surface area (Å²) < 4.78 is 0. The van der Waals surface area contributed by atoms with Gasteiger partial charge in [-0.3, -0.25) is 19.2 Å². The molecule has 12 nitrogen and oxygen atoms in total. The van der Waals surface area contributed by atoms with Crippen LogP contribution < -0.4 is 27.4 Å². The van der Waals surface area contributed by atoms with Crippen LogP contribution in [0, 0.1) is 5.92 Å². The molecule has 4 amide bonds. The molecule has 0 radical (unpaired) electrons. The maximum atomic E-state index is 13.0. The molecule has 190 valence electrons. The monoisotopic (exact) mass is 488 g/mol. The third-order valence-electron chi connectivity index (χ3n) is 5.71. The molecule has 12 heteroatoms. The molecule has 2 aromatic rings. The lowest BCUT2D eigenvalue weighted by Gasteiger charge is -2.25. The Morgan fingerprint density at radius 3 is 2.40 bits per heavy atom. The van der Waals surface area contributed by atoms with Crippen molar-refractivity contribution in [2.45, 2.75) is 51.2 Å². The van der Waals surface area contributed by atoms with E-state index in [4.69, 9.17) is 11.5 Å². The van der Waals surface area contributed by atoms with Crippen molar-refractivity contribution >= 4 is 40.5 Å². The number of aromatic amines is 1. The molecule has 1 aromatic heterocycles. The molecule has 0 spiro atoms. The minimum absolute atomic E-state index is 0.0417. The number of fused-ring (bicyclic) bond motifs is 1. The minimum Gasteiger partial charge on any atom is -0.480 e. The number of aromatic nitrogens is 1. The Balaban J connectivity index is 2.04. The first-order valence-corrected chi connectivity index (χ1v) is 11.2. The van der Waals surface area contributed by atoms with Gasteiger partial charge in [0.2, 0.25) is 23.6 Å². The molecule has 1 aromatic carbocycles. The number of carboxylic acids is 1. The Morgan fingerprint density at radius 2 is 1.77 bits per heavy atom. The number of hydrogen-bond acceptors (Lipinski definition) is 6. The molecule has 0 bridgehead atoms. The van der Waals surface area contributed by atoms with Crippen LogP contribution in [0.2, 0.25) is 0 Å². The normalized spacial score (nSPS) is 14.4. The molecule has 0 aliphatic heterocycles. The molecule has 0 saturated heterocycles. The van der Waals surface area contributed by atoms with Gasteiger partial charge in [0.05, 0.1) is 19.0 Å². The van der Waals surface area contributed by atoms with Gasteiger partial charge < -0.3 is 37.5 Å². The van der Waals surface area contributed by atoms with Crippen molar-refractivity contribution in [1.82, 2.24) is 20.9 Å². The number of H-pyrrole nitrogens is 1.